The summed E-state index contributed by atoms with van der Waals surface area (Å²) in [5, 5.41) is 7.12. The molecule has 2 aromatic rings. The molecule has 6 nitrogen and oxygen atoms in total. The van der Waals surface area contributed by atoms with Crippen LogP contribution in [0, 0.1) is 0 Å². The molecule has 2 aromatic carbocycles. The highest BCUT2D eigenvalue weighted by Crippen LogP contribution is 2.13. The number of halogens is 3. The number of hydrogen-bond donors (Lipinski definition) is 5. The zero-order valence-corrected chi connectivity index (χ0v) is 13.3. The molecule has 25 heavy (non-hydrogen) atoms. The van der Waals surface area contributed by atoms with Crippen molar-refractivity contribution in [2.24, 2.45) is 11.5 Å². The molecule has 0 fully saturated rings. The minimum absolute atomic E-state index is 0.584. The summed E-state index contributed by atoms with van der Waals surface area (Å²) in [5.74, 6) is -2.76. The van der Waals surface area contributed by atoms with Gasteiger partial charge in [-0.15, -0.1) is 0 Å². The zero-order chi connectivity index (χ0) is 19.5. The summed E-state index contributed by atoms with van der Waals surface area (Å²) in [6.07, 6.45) is -5.08. The Morgan fingerprint density at radius 2 is 1.04 bits per heavy atom. The normalized spacial score (nSPS) is 9.96. The average molecular weight is 358 g/mol. The Morgan fingerprint density at radius 3 is 1.20 bits per heavy atom. The van der Waals surface area contributed by atoms with Crippen LogP contribution in [0.3, 0.4) is 0 Å². The molecule has 0 aromatic heterocycles. The number of anilines is 2. The van der Waals surface area contributed by atoms with Crippen molar-refractivity contribution in [3.63, 3.8) is 0 Å². The van der Waals surface area contributed by atoms with Gasteiger partial charge in [0.05, 0.1) is 0 Å². The maximum Gasteiger partial charge on any atom is 0.490 e. The van der Waals surface area contributed by atoms with E-state index in [0.717, 1.165) is 22.5 Å². The number of nitrogen functional groups attached to an aromatic ring is 2. The lowest BCUT2D eigenvalue weighted by Crippen LogP contribution is -2.21. The third kappa shape index (κ3) is 10.6. The number of aliphatic carboxylic acids is 1. The summed E-state index contributed by atoms with van der Waals surface area (Å²) in [6, 6.07) is 15.1. The fourth-order valence-corrected chi connectivity index (χ4v) is 1.31. The molecular weight excluding hydrogens is 337 g/mol. The molecule has 0 aliphatic rings. The summed E-state index contributed by atoms with van der Waals surface area (Å²) >= 11 is 0. The molecule has 2 rings (SSSR count). The standard InChI is InChI=1S/2C7H10N2.C2HF3O2/c2*8-5-6-1-3-7(9)4-2-6;3-2(4,5)1(6)7/h2*1-4H,5,8-9H2;(H,6,7). The SMILES string of the molecule is NCc1ccc(N)cc1.NCc1ccc(N)cc1.O=C(O)C(F)(F)F. The van der Waals surface area contributed by atoms with E-state index in [1.165, 1.54) is 0 Å². The van der Waals surface area contributed by atoms with E-state index in [9.17, 15) is 13.2 Å². The number of rotatable bonds is 2. The van der Waals surface area contributed by atoms with Crippen LogP contribution in [0.15, 0.2) is 48.5 Å². The highest BCUT2D eigenvalue weighted by molar-refractivity contribution is 5.73. The van der Waals surface area contributed by atoms with E-state index in [2.05, 4.69) is 0 Å². The molecule has 0 heterocycles. The van der Waals surface area contributed by atoms with Crippen molar-refractivity contribution >= 4 is 17.3 Å². The number of benzene rings is 2. The molecule has 0 spiro atoms. The number of hydrogen-bond acceptors (Lipinski definition) is 5. The molecule has 0 atom stereocenters. The third-order valence-electron chi connectivity index (χ3n) is 2.67. The quantitative estimate of drug-likeness (QED) is 0.520. The van der Waals surface area contributed by atoms with Crippen molar-refractivity contribution in [2.75, 3.05) is 11.5 Å². The van der Waals surface area contributed by atoms with Crippen molar-refractivity contribution in [3.8, 4) is 0 Å². The van der Waals surface area contributed by atoms with E-state index in [0.29, 0.717) is 13.1 Å². The van der Waals surface area contributed by atoms with Gasteiger partial charge in [0, 0.05) is 24.5 Å². The van der Waals surface area contributed by atoms with Gasteiger partial charge < -0.3 is 28.0 Å². The van der Waals surface area contributed by atoms with E-state index in [1.807, 2.05) is 48.5 Å². The summed E-state index contributed by atoms with van der Waals surface area (Å²) in [7, 11) is 0. The predicted molar refractivity (Wildman–Crippen MR) is 91.2 cm³/mol. The molecule has 138 valence electrons. The van der Waals surface area contributed by atoms with Gasteiger partial charge in [-0.2, -0.15) is 13.2 Å². The Labute approximate surface area is 143 Å². The van der Waals surface area contributed by atoms with E-state index in [1.54, 1.807) is 0 Å². The lowest BCUT2D eigenvalue weighted by molar-refractivity contribution is -0.192. The third-order valence-corrected chi connectivity index (χ3v) is 2.67. The van der Waals surface area contributed by atoms with Crippen molar-refractivity contribution < 1.29 is 23.1 Å². The number of carboxylic acid groups (broad SMARTS) is 1. The first-order valence-corrected chi connectivity index (χ1v) is 6.99. The lowest BCUT2D eigenvalue weighted by Gasteiger charge is -1.94. The summed E-state index contributed by atoms with van der Waals surface area (Å²) in [4.78, 5) is 8.90. The molecule has 0 radical (unpaired) electrons. The van der Waals surface area contributed by atoms with E-state index in [-0.39, 0.29) is 0 Å². The van der Waals surface area contributed by atoms with E-state index >= 15 is 0 Å². The Morgan fingerprint density at radius 1 is 0.800 bits per heavy atom. The number of carbonyl (C=O) groups is 1. The van der Waals surface area contributed by atoms with Crippen LogP contribution in [0.4, 0.5) is 24.5 Å². The van der Waals surface area contributed by atoms with Gasteiger partial charge in [-0.25, -0.2) is 4.79 Å². The van der Waals surface area contributed by atoms with Crippen LogP contribution in [0.2, 0.25) is 0 Å². The Kier molecular flexibility index (Phi) is 9.68. The van der Waals surface area contributed by atoms with Gasteiger partial charge in [-0.3, -0.25) is 0 Å². The van der Waals surface area contributed by atoms with E-state index in [4.69, 9.17) is 32.8 Å². The van der Waals surface area contributed by atoms with Crippen LogP contribution in [0.25, 0.3) is 0 Å². The van der Waals surface area contributed by atoms with Crippen molar-refractivity contribution in [2.45, 2.75) is 19.3 Å². The van der Waals surface area contributed by atoms with Crippen LogP contribution < -0.4 is 22.9 Å². The molecular formula is C16H21F3N4O2. The minimum Gasteiger partial charge on any atom is -0.475 e. The van der Waals surface area contributed by atoms with Crippen molar-refractivity contribution in [1.29, 1.82) is 0 Å². The molecule has 0 amide bonds. The first-order chi connectivity index (χ1) is 11.6. The van der Waals surface area contributed by atoms with Gasteiger partial charge in [-0.1, -0.05) is 24.3 Å². The van der Waals surface area contributed by atoms with Gasteiger partial charge in [0.1, 0.15) is 0 Å². The second-order valence-electron chi connectivity index (χ2n) is 4.69. The average Bonchev–Trinajstić information content (AvgIpc) is 2.56. The van der Waals surface area contributed by atoms with Gasteiger partial charge >= 0.3 is 12.1 Å². The van der Waals surface area contributed by atoms with Gasteiger partial charge in [0.25, 0.3) is 0 Å². The molecule has 9 heteroatoms. The molecule has 0 saturated carbocycles. The Balaban J connectivity index is 0.000000350. The molecule has 0 saturated heterocycles. The number of nitrogens with two attached hydrogens (primary N) is 4. The zero-order valence-electron chi connectivity index (χ0n) is 13.3. The Hall–Kier alpha value is -2.78. The van der Waals surface area contributed by atoms with Crippen molar-refractivity contribution in [1.82, 2.24) is 0 Å². The summed E-state index contributed by atoms with van der Waals surface area (Å²) < 4.78 is 31.7. The second kappa shape index (κ2) is 10.9. The topological polar surface area (TPSA) is 141 Å². The molecule has 0 aliphatic heterocycles. The van der Waals surface area contributed by atoms with Crippen LogP contribution >= 0.6 is 0 Å². The predicted octanol–water partition coefficient (Wildman–Crippen LogP) is 2.09. The van der Waals surface area contributed by atoms with E-state index < -0.39 is 12.1 Å². The fraction of sp³-hybridized carbons (Fsp3) is 0.188. The fourth-order valence-electron chi connectivity index (χ4n) is 1.31. The van der Waals surface area contributed by atoms with Gasteiger partial charge in [-0.05, 0) is 35.4 Å². The smallest absolute Gasteiger partial charge is 0.475 e. The first kappa shape index (κ1) is 22.2. The maximum atomic E-state index is 10.6. The molecule has 0 bridgehead atoms. The number of alkyl halides is 3. The van der Waals surface area contributed by atoms with Crippen LogP contribution in [0.5, 0.6) is 0 Å². The maximum absolute atomic E-state index is 10.6. The van der Waals surface area contributed by atoms with Crippen LogP contribution in [-0.2, 0) is 17.9 Å². The molecule has 9 N–H and O–H groups in total. The Bertz CT molecular complexity index is 584. The van der Waals surface area contributed by atoms with Crippen LogP contribution in [-0.4, -0.2) is 17.3 Å². The first-order valence-electron chi connectivity index (χ1n) is 6.99. The van der Waals surface area contributed by atoms with Gasteiger partial charge in [0.15, 0.2) is 0 Å². The van der Waals surface area contributed by atoms with Gasteiger partial charge in [0.2, 0.25) is 0 Å². The lowest BCUT2D eigenvalue weighted by atomic mass is 10.2. The van der Waals surface area contributed by atoms with Crippen LogP contribution in [0.1, 0.15) is 11.1 Å². The molecule has 0 aliphatic carbocycles. The monoisotopic (exact) mass is 358 g/mol. The minimum atomic E-state index is -5.08. The number of carboxylic acids is 1. The van der Waals surface area contributed by atoms with Crippen molar-refractivity contribution in [3.05, 3.63) is 59.7 Å². The summed E-state index contributed by atoms with van der Waals surface area (Å²) in [6.45, 7) is 1.17. The second-order valence-corrected chi connectivity index (χ2v) is 4.69. The summed E-state index contributed by atoms with van der Waals surface area (Å²) in [5.41, 5.74) is 25.4. The highest BCUT2D eigenvalue weighted by atomic mass is 19.4. The largest absolute Gasteiger partial charge is 0.490 e. The highest BCUT2D eigenvalue weighted by Gasteiger charge is 2.38. The molecule has 0 unspecified atom stereocenters.